The monoisotopic (exact) mass is 249 g/mol. The number of aromatic nitrogens is 1. The fourth-order valence-corrected chi connectivity index (χ4v) is 2.75. The third-order valence-electron chi connectivity index (χ3n) is 4.22. The van der Waals surface area contributed by atoms with Crippen molar-refractivity contribution in [3.63, 3.8) is 0 Å². The van der Waals surface area contributed by atoms with Crippen LogP contribution in [0.3, 0.4) is 0 Å². The maximum atomic E-state index is 3.41. The van der Waals surface area contributed by atoms with Crippen molar-refractivity contribution in [3.05, 3.63) is 24.0 Å². The van der Waals surface area contributed by atoms with Gasteiger partial charge in [0.15, 0.2) is 0 Å². The molecular formula is C17H31N. The van der Waals surface area contributed by atoms with Crippen molar-refractivity contribution >= 4 is 0 Å². The van der Waals surface area contributed by atoms with Gasteiger partial charge in [0.2, 0.25) is 0 Å². The minimum atomic E-state index is 0.733. The van der Waals surface area contributed by atoms with Crippen LogP contribution < -0.4 is 0 Å². The Hall–Kier alpha value is -0.720. The topological polar surface area (TPSA) is 15.8 Å². The molecule has 1 heteroatoms. The van der Waals surface area contributed by atoms with Gasteiger partial charge in [0.1, 0.15) is 0 Å². The fraction of sp³-hybridized carbons (Fsp3) is 0.765. The molecule has 2 unspecified atom stereocenters. The first-order valence-electron chi connectivity index (χ1n) is 7.92. The van der Waals surface area contributed by atoms with Crippen LogP contribution in [0, 0.1) is 5.92 Å². The average molecular weight is 249 g/mol. The Morgan fingerprint density at radius 1 is 1.06 bits per heavy atom. The van der Waals surface area contributed by atoms with Crippen molar-refractivity contribution in [3.8, 4) is 0 Å². The molecule has 1 rings (SSSR count). The van der Waals surface area contributed by atoms with E-state index in [0.717, 1.165) is 11.8 Å². The van der Waals surface area contributed by atoms with Crippen molar-refractivity contribution in [1.82, 2.24) is 4.98 Å². The zero-order valence-electron chi connectivity index (χ0n) is 12.5. The van der Waals surface area contributed by atoms with E-state index in [2.05, 4.69) is 44.1 Å². The molecule has 0 aliphatic carbocycles. The molecule has 0 radical (unpaired) electrons. The summed E-state index contributed by atoms with van der Waals surface area (Å²) in [5, 5.41) is 0. The first-order valence-corrected chi connectivity index (χ1v) is 7.92. The van der Waals surface area contributed by atoms with Gasteiger partial charge in [-0.05, 0) is 24.5 Å². The number of nitrogens with one attached hydrogen (secondary N) is 1. The van der Waals surface area contributed by atoms with Crippen LogP contribution in [0.2, 0.25) is 0 Å². The summed E-state index contributed by atoms with van der Waals surface area (Å²) in [5.41, 5.74) is 1.44. The van der Waals surface area contributed by atoms with Crippen molar-refractivity contribution in [2.24, 2.45) is 5.92 Å². The van der Waals surface area contributed by atoms with Gasteiger partial charge in [0, 0.05) is 17.8 Å². The van der Waals surface area contributed by atoms with Crippen molar-refractivity contribution in [2.75, 3.05) is 0 Å². The lowest BCUT2D eigenvalue weighted by atomic mass is 9.85. The van der Waals surface area contributed by atoms with Gasteiger partial charge in [-0.3, -0.25) is 0 Å². The summed E-state index contributed by atoms with van der Waals surface area (Å²) in [5.74, 6) is 1.52. The Bertz CT molecular complexity index is 276. The third kappa shape index (κ3) is 5.29. The molecule has 0 amide bonds. The molecule has 0 aliphatic heterocycles. The van der Waals surface area contributed by atoms with Crippen LogP contribution in [0.1, 0.15) is 83.7 Å². The highest BCUT2D eigenvalue weighted by atomic mass is 14.7. The van der Waals surface area contributed by atoms with Gasteiger partial charge in [-0.15, -0.1) is 0 Å². The SMILES string of the molecule is CCCCCCCCC(c1ccc[nH]1)C(C)CC. The van der Waals surface area contributed by atoms with Gasteiger partial charge < -0.3 is 4.98 Å². The summed E-state index contributed by atoms with van der Waals surface area (Å²) in [7, 11) is 0. The lowest BCUT2D eigenvalue weighted by Gasteiger charge is -2.22. The minimum absolute atomic E-state index is 0.733. The van der Waals surface area contributed by atoms with E-state index in [0.29, 0.717) is 0 Å². The second-order valence-corrected chi connectivity index (χ2v) is 5.67. The summed E-state index contributed by atoms with van der Waals surface area (Å²) in [6, 6.07) is 4.39. The largest absolute Gasteiger partial charge is 0.365 e. The predicted octanol–water partition coefficient (Wildman–Crippen LogP) is 5.90. The number of rotatable bonds is 10. The van der Waals surface area contributed by atoms with Crippen LogP contribution >= 0.6 is 0 Å². The van der Waals surface area contributed by atoms with Gasteiger partial charge in [-0.1, -0.05) is 65.7 Å². The number of aromatic amines is 1. The minimum Gasteiger partial charge on any atom is -0.365 e. The maximum Gasteiger partial charge on any atom is 0.0181 e. The fourth-order valence-electron chi connectivity index (χ4n) is 2.75. The Kier molecular flexibility index (Phi) is 7.88. The number of H-pyrrole nitrogens is 1. The molecule has 0 aliphatic rings. The summed E-state index contributed by atoms with van der Waals surface area (Å²) in [4.78, 5) is 3.41. The van der Waals surface area contributed by atoms with E-state index in [1.165, 1.54) is 57.1 Å². The molecule has 0 spiro atoms. The van der Waals surface area contributed by atoms with Crippen LogP contribution in [0.15, 0.2) is 18.3 Å². The van der Waals surface area contributed by atoms with Gasteiger partial charge in [0.05, 0.1) is 0 Å². The van der Waals surface area contributed by atoms with E-state index in [9.17, 15) is 0 Å². The molecule has 1 aromatic rings. The number of hydrogen-bond acceptors (Lipinski definition) is 0. The Balaban J connectivity index is 2.30. The zero-order valence-corrected chi connectivity index (χ0v) is 12.5. The summed E-state index contributed by atoms with van der Waals surface area (Å²) in [6.45, 7) is 6.98. The molecule has 0 saturated carbocycles. The second-order valence-electron chi connectivity index (χ2n) is 5.67. The van der Waals surface area contributed by atoms with E-state index in [4.69, 9.17) is 0 Å². The van der Waals surface area contributed by atoms with Crippen molar-refractivity contribution in [2.45, 2.75) is 78.1 Å². The molecule has 1 nitrogen and oxygen atoms in total. The van der Waals surface area contributed by atoms with Gasteiger partial charge in [-0.2, -0.15) is 0 Å². The Labute approximate surface area is 113 Å². The molecule has 0 bridgehead atoms. The van der Waals surface area contributed by atoms with Crippen LogP contribution in [0.5, 0.6) is 0 Å². The number of unbranched alkanes of at least 4 members (excludes halogenated alkanes) is 5. The van der Waals surface area contributed by atoms with E-state index in [1.807, 2.05) is 0 Å². The lowest BCUT2D eigenvalue weighted by Crippen LogP contribution is -2.09. The van der Waals surface area contributed by atoms with E-state index in [-0.39, 0.29) is 0 Å². The zero-order chi connectivity index (χ0) is 13.2. The lowest BCUT2D eigenvalue weighted by molar-refractivity contribution is 0.399. The predicted molar refractivity (Wildman–Crippen MR) is 81.0 cm³/mol. The normalized spacial score (nSPS) is 14.6. The van der Waals surface area contributed by atoms with Crippen molar-refractivity contribution in [1.29, 1.82) is 0 Å². The van der Waals surface area contributed by atoms with Crippen LogP contribution in [-0.4, -0.2) is 4.98 Å². The molecule has 0 aromatic carbocycles. The highest BCUT2D eigenvalue weighted by molar-refractivity contribution is 5.10. The van der Waals surface area contributed by atoms with Crippen molar-refractivity contribution < 1.29 is 0 Å². The summed E-state index contributed by atoms with van der Waals surface area (Å²) in [6.07, 6.45) is 13.1. The molecule has 1 N–H and O–H groups in total. The molecule has 0 fully saturated rings. The third-order valence-corrected chi connectivity index (χ3v) is 4.22. The second kappa shape index (κ2) is 9.24. The smallest absolute Gasteiger partial charge is 0.0181 e. The first-order chi connectivity index (χ1) is 8.79. The molecule has 104 valence electrons. The van der Waals surface area contributed by atoms with Gasteiger partial charge in [-0.25, -0.2) is 0 Å². The van der Waals surface area contributed by atoms with E-state index >= 15 is 0 Å². The highest BCUT2D eigenvalue weighted by Crippen LogP contribution is 2.31. The molecule has 0 saturated heterocycles. The maximum absolute atomic E-state index is 3.41. The Morgan fingerprint density at radius 3 is 2.39 bits per heavy atom. The molecule has 1 heterocycles. The summed E-state index contributed by atoms with van der Waals surface area (Å²) >= 11 is 0. The van der Waals surface area contributed by atoms with Gasteiger partial charge in [0.25, 0.3) is 0 Å². The van der Waals surface area contributed by atoms with Gasteiger partial charge >= 0.3 is 0 Å². The van der Waals surface area contributed by atoms with Crippen LogP contribution in [0.25, 0.3) is 0 Å². The quantitative estimate of drug-likeness (QED) is 0.497. The average Bonchev–Trinajstić information content (AvgIpc) is 2.91. The highest BCUT2D eigenvalue weighted by Gasteiger charge is 2.18. The molecular weight excluding hydrogens is 218 g/mol. The standard InChI is InChI=1S/C17H31N/c1-4-6-7-8-9-10-12-16(15(3)5-2)17-13-11-14-18-17/h11,13-16,18H,4-10,12H2,1-3H3. The first kappa shape index (κ1) is 15.3. The Morgan fingerprint density at radius 2 is 1.78 bits per heavy atom. The van der Waals surface area contributed by atoms with E-state index in [1.54, 1.807) is 0 Å². The van der Waals surface area contributed by atoms with Crippen LogP contribution in [0.4, 0.5) is 0 Å². The van der Waals surface area contributed by atoms with E-state index < -0.39 is 0 Å². The number of hydrogen-bond donors (Lipinski definition) is 1. The van der Waals surface area contributed by atoms with Crippen LogP contribution in [-0.2, 0) is 0 Å². The summed E-state index contributed by atoms with van der Waals surface area (Å²) < 4.78 is 0. The molecule has 2 atom stereocenters. The molecule has 1 aromatic heterocycles. The molecule has 18 heavy (non-hydrogen) atoms.